The molecule has 3 aromatic rings. The van der Waals surface area contributed by atoms with Gasteiger partial charge in [0.05, 0.1) is 5.52 Å². The summed E-state index contributed by atoms with van der Waals surface area (Å²) in [4.78, 5) is 17.0. The van der Waals surface area contributed by atoms with Crippen LogP contribution < -0.4 is 5.32 Å². The maximum Gasteiger partial charge on any atom is 0.246 e. The van der Waals surface area contributed by atoms with Crippen molar-refractivity contribution in [2.45, 2.75) is 30.8 Å². The molecule has 1 aromatic heterocycles. The lowest BCUT2D eigenvalue weighted by molar-refractivity contribution is -0.124. The van der Waals surface area contributed by atoms with Crippen molar-refractivity contribution < 1.29 is 13.2 Å². The summed E-state index contributed by atoms with van der Waals surface area (Å²) in [5.74, 6) is -0.317. The zero-order valence-electron chi connectivity index (χ0n) is 15.7. The summed E-state index contributed by atoms with van der Waals surface area (Å²) >= 11 is 0. The summed E-state index contributed by atoms with van der Waals surface area (Å²) in [5.41, 5.74) is 3.28. The van der Waals surface area contributed by atoms with Crippen LogP contribution in [0.1, 0.15) is 16.7 Å². The molecular weight excluding hydrogens is 374 g/mol. The van der Waals surface area contributed by atoms with Crippen LogP contribution in [0.5, 0.6) is 0 Å². The van der Waals surface area contributed by atoms with Crippen molar-refractivity contribution in [2.75, 3.05) is 7.05 Å². The second-order valence-corrected chi connectivity index (χ2v) is 8.85. The minimum absolute atomic E-state index is 0.123. The summed E-state index contributed by atoms with van der Waals surface area (Å²) in [7, 11) is -2.41. The maximum atomic E-state index is 13.6. The third-order valence-corrected chi connectivity index (χ3v) is 7.04. The Kier molecular flexibility index (Phi) is 4.64. The van der Waals surface area contributed by atoms with Crippen molar-refractivity contribution in [3.63, 3.8) is 0 Å². The molecular formula is C21H21N3O3S. The van der Waals surface area contributed by atoms with Crippen LogP contribution in [-0.2, 0) is 27.8 Å². The van der Waals surface area contributed by atoms with E-state index in [1.807, 2.05) is 43.3 Å². The van der Waals surface area contributed by atoms with Gasteiger partial charge >= 0.3 is 0 Å². The third kappa shape index (κ3) is 3.06. The number of benzene rings is 2. The zero-order chi connectivity index (χ0) is 19.9. The first-order valence-corrected chi connectivity index (χ1v) is 10.5. The van der Waals surface area contributed by atoms with Gasteiger partial charge in [-0.1, -0.05) is 36.4 Å². The Morgan fingerprint density at radius 1 is 1.14 bits per heavy atom. The summed E-state index contributed by atoms with van der Waals surface area (Å²) < 4.78 is 28.6. The van der Waals surface area contributed by atoms with Crippen LogP contribution in [0.3, 0.4) is 0 Å². The Morgan fingerprint density at radius 3 is 2.64 bits per heavy atom. The Hall–Kier alpha value is -2.77. The molecule has 1 aliphatic rings. The molecule has 0 radical (unpaired) electrons. The highest BCUT2D eigenvalue weighted by molar-refractivity contribution is 7.89. The molecule has 1 atom stereocenters. The number of sulfonamides is 1. The minimum Gasteiger partial charge on any atom is -0.358 e. The van der Waals surface area contributed by atoms with E-state index >= 15 is 0 Å². The van der Waals surface area contributed by atoms with Gasteiger partial charge in [-0.05, 0) is 42.2 Å². The van der Waals surface area contributed by atoms with Crippen LogP contribution in [0.15, 0.2) is 59.6 Å². The summed E-state index contributed by atoms with van der Waals surface area (Å²) in [6.45, 7) is 2.07. The summed E-state index contributed by atoms with van der Waals surface area (Å²) in [5, 5.41) is 3.36. The van der Waals surface area contributed by atoms with E-state index in [9.17, 15) is 13.2 Å². The largest absolute Gasteiger partial charge is 0.358 e. The average Bonchev–Trinajstić information content (AvgIpc) is 2.71. The highest BCUT2D eigenvalue weighted by atomic mass is 32.2. The van der Waals surface area contributed by atoms with Crippen molar-refractivity contribution in [1.29, 1.82) is 0 Å². The summed E-state index contributed by atoms with van der Waals surface area (Å²) in [6.07, 6.45) is 2.00. The number of carbonyl (C=O) groups is 1. The van der Waals surface area contributed by atoms with Crippen LogP contribution in [0.4, 0.5) is 0 Å². The van der Waals surface area contributed by atoms with E-state index < -0.39 is 16.1 Å². The van der Waals surface area contributed by atoms with Crippen LogP contribution >= 0.6 is 0 Å². The van der Waals surface area contributed by atoms with Crippen molar-refractivity contribution in [3.05, 3.63) is 71.4 Å². The Balaban J connectivity index is 1.87. The number of rotatable bonds is 3. The quantitative estimate of drug-likeness (QED) is 0.739. The molecule has 7 heteroatoms. The molecule has 0 unspecified atom stereocenters. The first-order chi connectivity index (χ1) is 13.4. The van der Waals surface area contributed by atoms with E-state index in [0.717, 1.165) is 22.1 Å². The predicted octanol–water partition coefficient (Wildman–Crippen LogP) is 2.40. The van der Waals surface area contributed by atoms with Gasteiger partial charge in [-0.2, -0.15) is 4.31 Å². The van der Waals surface area contributed by atoms with Crippen molar-refractivity contribution in [2.24, 2.45) is 0 Å². The van der Waals surface area contributed by atoms with Crippen molar-refractivity contribution >= 4 is 26.8 Å². The first-order valence-electron chi connectivity index (χ1n) is 9.07. The Morgan fingerprint density at radius 2 is 1.89 bits per heavy atom. The van der Waals surface area contributed by atoms with Gasteiger partial charge in [0, 0.05) is 25.2 Å². The van der Waals surface area contributed by atoms with E-state index in [4.69, 9.17) is 0 Å². The third-order valence-electron chi connectivity index (χ3n) is 5.15. The van der Waals surface area contributed by atoms with Gasteiger partial charge < -0.3 is 5.32 Å². The number of nitrogens with one attached hydrogen (secondary N) is 1. The molecule has 1 N–H and O–H groups in total. The fourth-order valence-corrected chi connectivity index (χ4v) is 5.45. The van der Waals surface area contributed by atoms with Gasteiger partial charge in [-0.25, -0.2) is 8.42 Å². The highest BCUT2D eigenvalue weighted by Gasteiger charge is 2.40. The maximum absolute atomic E-state index is 13.6. The number of amides is 1. The number of carbonyl (C=O) groups excluding carboxylic acids is 1. The van der Waals surface area contributed by atoms with Gasteiger partial charge in [0.1, 0.15) is 10.9 Å². The lowest BCUT2D eigenvalue weighted by Gasteiger charge is -2.34. The molecule has 4 rings (SSSR count). The molecule has 0 saturated carbocycles. The zero-order valence-corrected chi connectivity index (χ0v) is 16.5. The Labute approximate surface area is 164 Å². The molecule has 0 aliphatic carbocycles. The molecule has 1 amide bonds. The monoisotopic (exact) mass is 395 g/mol. The highest BCUT2D eigenvalue weighted by Crippen LogP contribution is 2.31. The van der Waals surface area contributed by atoms with Gasteiger partial charge in [-0.3, -0.25) is 9.78 Å². The molecule has 28 heavy (non-hydrogen) atoms. The number of nitrogens with zero attached hydrogens (tertiary/aromatic N) is 2. The molecule has 144 valence electrons. The normalized spacial score (nSPS) is 17.3. The summed E-state index contributed by atoms with van der Waals surface area (Å²) in [6, 6.07) is 13.8. The number of likely N-dealkylation sites (N-methyl/N-ethyl adjacent to an activating group) is 1. The van der Waals surface area contributed by atoms with Gasteiger partial charge in [0.15, 0.2) is 0 Å². The molecule has 0 saturated heterocycles. The smallest absolute Gasteiger partial charge is 0.246 e. The minimum atomic E-state index is -3.94. The molecule has 0 fully saturated rings. The Bertz CT molecular complexity index is 1170. The van der Waals surface area contributed by atoms with Crippen molar-refractivity contribution in [1.82, 2.24) is 14.6 Å². The second-order valence-electron chi connectivity index (χ2n) is 6.99. The van der Waals surface area contributed by atoms with E-state index in [0.29, 0.717) is 11.9 Å². The lowest BCUT2D eigenvalue weighted by Crippen LogP contribution is -2.51. The van der Waals surface area contributed by atoms with Crippen LogP contribution in [0.25, 0.3) is 10.9 Å². The number of fused-ring (bicyclic) bond motifs is 2. The van der Waals surface area contributed by atoms with E-state index in [1.165, 1.54) is 11.4 Å². The van der Waals surface area contributed by atoms with Gasteiger partial charge in [0.25, 0.3) is 0 Å². The average molecular weight is 395 g/mol. The van der Waals surface area contributed by atoms with Crippen LogP contribution in [-0.4, -0.2) is 36.7 Å². The standard InChI is InChI=1S/C21H21N3O3S/c1-14-10-16-8-5-9-19(20(16)23-12-14)28(26,27)24-13-17-7-4-3-6-15(17)11-18(24)21(25)22-2/h3-10,12,18H,11,13H2,1-2H3,(H,22,25)/t18-/m1/s1. The fourth-order valence-electron chi connectivity index (χ4n) is 3.72. The molecule has 0 bridgehead atoms. The number of pyridine rings is 1. The second kappa shape index (κ2) is 7.00. The number of hydrogen-bond donors (Lipinski definition) is 1. The molecule has 6 nitrogen and oxygen atoms in total. The topological polar surface area (TPSA) is 79.4 Å². The van der Waals surface area contributed by atoms with E-state index in [-0.39, 0.29) is 17.3 Å². The SMILES string of the molecule is CNC(=O)[C@H]1Cc2ccccc2CN1S(=O)(=O)c1cccc2cc(C)cnc12. The lowest BCUT2D eigenvalue weighted by atomic mass is 9.95. The van der Waals surface area contributed by atoms with E-state index in [1.54, 1.807) is 18.3 Å². The van der Waals surface area contributed by atoms with Gasteiger partial charge in [0.2, 0.25) is 15.9 Å². The number of para-hydroxylation sites is 1. The van der Waals surface area contributed by atoms with Crippen molar-refractivity contribution in [3.8, 4) is 0 Å². The van der Waals surface area contributed by atoms with Crippen LogP contribution in [0.2, 0.25) is 0 Å². The number of aryl methyl sites for hydroxylation is 1. The predicted molar refractivity (Wildman–Crippen MR) is 107 cm³/mol. The first kappa shape index (κ1) is 18.6. The van der Waals surface area contributed by atoms with Crippen LogP contribution in [0, 0.1) is 6.92 Å². The molecule has 1 aliphatic heterocycles. The fraction of sp³-hybridized carbons (Fsp3) is 0.238. The molecule has 2 heterocycles. The number of aromatic nitrogens is 1. The molecule has 2 aromatic carbocycles. The van der Waals surface area contributed by atoms with Gasteiger partial charge in [-0.15, -0.1) is 0 Å². The number of hydrogen-bond acceptors (Lipinski definition) is 4. The molecule has 0 spiro atoms. The van der Waals surface area contributed by atoms with E-state index in [2.05, 4.69) is 10.3 Å².